The van der Waals surface area contributed by atoms with Crippen LogP contribution in [0.15, 0.2) is 47.4 Å². The number of hydrogen-bond donors (Lipinski definition) is 1. The number of sulfonamides is 1. The molecular formula is C14H15NO4S. The highest BCUT2D eigenvalue weighted by Gasteiger charge is 2.24. The van der Waals surface area contributed by atoms with Gasteiger partial charge in [-0.15, -0.1) is 0 Å². The molecule has 0 amide bonds. The summed E-state index contributed by atoms with van der Waals surface area (Å²) in [5, 5.41) is 5.33. The van der Waals surface area contributed by atoms with E-state index in [1.54, 1.807) is 24.3 Å². The van der Waals surface area contributed by atoms with E-state index in [4.69, 9.17) is 14.6 Å². The molecule has 2 N–H and O–H groups in total. The maximum Gasteiger partial charge on any atom is 0.242 e. The molecule has 2 aromatic carbocycles. The van der Waals surface area contributed by atoms with Crippen LogP contribution in [0.4, 0.5) is 0 Å². The van der Waals surface area contributed by atoms with Crippen LogP contribution in [0.1, 0.15) is 0 Å². The van der Waals surface area contributed by atoms with Gasteiger partial charge in [-0.05, 0) is 17.7 Å². The van der Waals surface area contributed by atoms with E-state index in [-0.39, 0.29) is 10.6 Å². The molecule has 20 heavy (non-hydrogen) atoms. The Balaban J connectivity index is 2.83. The number of methoxy groups -OCH3 is 2. The molecule has 2 rings (SSSR count). The van der Waals surface area contributed by atoms with Crippen LogP contribution < -0.4 is 14.6 Å². The van der Waals surface area contributed by atoms with Crippen molar-refractivity contribution in [1.82, 2.24) is 0 Å². The van der Waals surface area contributed by atoms with Crippen molar-refractivity contribution in [3.63, 3.8) is 0 Å². The van der Waals surface area contributed by atoms with E-state index in [9.17, 15) is 8.42 Å². The highest BCUT2D eigenvalue weighted by molar-refractivity contribution is 7.89. The van der Waals surface area contributed by atoms with Gasteiger partial charge in [-0.3, -0.25) is 0 Å². The fourth-order valence-corrected chi connectivity index (χ4v) is 2.96. The minimum atomic E-state index is -3.96. The Morgan fingerprint density at radius 3 is 2.10 bits per heavy atom. The summed E-state index contributed by atoms with van der Waals surface area (Å²) < 4.78 is 34.1. The van der Waals surface area contributed by atoms with Gasteiger partial charge >= 0.3 is 0 Å². The normalized spacial score (nSPS) is 11.2. The first-order valence-corrected chi connectivity index (χ1v) is 7.37. The maximum atomic E-state index is 11.9. The van der Waals surface area contributed by atoms with Gasteiger partial charge in [-0.2, -0.15) is 0 Å². The summed E-state index contributed by atoms with van der Waals surface area (Å²) >= 11 is 0. The van der Waals surface area contributed by atoms with Crippen LogP contribution in [0.25, 0.3) is 11.1 Å². The lowest BCUT2D eigenvalue weighted by atomic mass is 10.1. The largest absolute Gasteiger partial charge is 0.493 e. The molecule has 0 saturated carbocycles. The van der Waals surface area contributed by atoms with Gasteiger partial charge in [0.05, 0.1) is 14.2 Å². The molecule has 0 unspecified atom stereocenters. The Hall–Kier alpha value is -2.05. The minimum Gasteiger partial charge on any atom is -0.493 e. The van der Waals surface area contributed by atoms with Crippen LogP contribution >= 0.6 is 0 Å². The van der Waals surface area contributed by atoms with E-state index in [0.29, 0.717) is 11.3 Å². The molecule has 0 saturated heterocycles. The molecular weight excluding hydrogens is 278 g/mol. The van der Waals surface area contributed by atoms with Crippen LogP contribution in [0.5, 0.6) is 11.5 Å². The van der Waals surface area contributed by atoms with Crippen molar-refractivity contribution in [2.75, 3.05) is 14.2 Å². The summed E-state index contributed by atoms with van der Waals surface area (Å²) in [4.78, 5) is -0.0782. The van der Waals surface area contributed by atoms with Crippen LogP contribution in [0, 0.1) is 0 Å². The number of hydrogen-bond acceptors (Lipinski definition) is 4. The number of ether oxygens (including phenoxy) is 2. The van der Waals surface area contributed by atoms with Gasteiger partial charge in [0, 0.05) is 5.56 Å². The fourth-order valence-electron chi connectivity index (χ4n) is 2.03. The molecule has 0 aliphatic carbocycles. The summed E-state index contributed by atoms with van der Waals surface area (Å²) in [5.74, 6) is 0.424. The summed E-state index contributed by atoms with van der Waals surface area (Å²) in [6.07, 6.45) is 0. The van der Waals surface area contributed by atoms with E-state index >= 15 is 0 Å². The third-order valence-corrected chi connectivity index (χ3v) is 3.84. The van der Waals surface area contributed by atoms with Crippen LogP contribution in [0.3, 0.4) is 0 Å². The van der Waals surface area contributed by atoms with Gasteiger partial charge in [-0.25, -0.2) is 13.6 Å². The first-order valence-electron chi connectivity index (χ1n) is 5.82. The monoisotopic (exact) mass is 293 g/mol. The van der Waals surface area contributed by atoms with Gasteiger partial charge in [-0.1, -0.05) is 30.3 Å². The van der Waals surface area contributed by atoms with Crippen LogP contribution in [-0.2, 0) is 10.0 Å². The first kappa shape index (κ1) is 14.4. The summed E-state index contributed by atoms with van der Waals surface area (Å²) in [5.41, 5.74) is 1.21. The lowest BCUT2D eigenvalue weighted by molar-refractivity contribution is 0.347. The number of rotatable bonds is 4. The third-order valence-electron chi connectivity index (χ3n) is 2.87. The highest BCUT2D eigenvalue weighted by Crippen LogP contribution is 2.40. The van der Waals surface area contributed by atoms with Crippen molar-refractivity contribution in [1.29, 1.82) is 0 Å². The summed E-state index contributed by atoms with van der Waals surface area (Å²) in [7, 11) is -1.15. The molecule has 6 heteroatoms. The van der Waals surface area contributed by atoms with Crippen molar-refractivity contribution in [3.8, 4) is 22.6 Å². The van der Waals surface area contributed by atoms with Gasteiger partial charge in [0.1, 0.15) is 4.90 Å². The van der Waals surface area contributed by atoms with E-state index in [1.165, 1.54) is 14.2 Å². The van der Waals surface area contributed by atoms with Crippen molar-refractivity contribution in [3.05, 3.63) is 42.5 Å². The second-order valence-corrected chi connectivity index (χ2v) is 5.59. The van der Waals surface area contributed by atoms with Crippen molar-refractivity contribution < 1.29 is 17.9 Å². The van der Waals surface area contributed by atoms with Crippen molar-refractivity contribution in [2.24, 2.45) is 5.14 Å². The molecule has 0 bridgehead atoms. The van der Waals surface area contributed by atoms with Gasteiger partial charge in [0.15, 0.2) is 11.5 Å². The Kier molecular flexibility index (Phi) is 3.96. The number of benzene rings is 2. The Bertz CT molecular complexity index is 711. The minimum absolute atomic E-state index is 0.0782. The quantitative estimate of drug-likeness (QED) is 0.935. The van der Waals surface area contributed by atoms with E-state index in [1.807, 2.05) is 18.2 Å². The highest BCUT2D eigenvalue weighted by atomic mass is 32.2. The van der Waals surface area contributed by atoms with E-state index in [0.717, 1.165) is 5.56 Å². The maximum absolute atomic E-state index is 11.9. The number of nitrogens with two attached hydrogens (primary N) is 1. The zero-order chi connectivity index (χ0) is 14.8. The van der Waals surface area contributed by atoms with E-state index in [2.05, 4.69) is 0 Å². The third kappa shape index (κ3) is 2.61. The smallest absolute Gasteiger partial charge is 0.242 e. The predicted molar refractivity (Wildman–Crippen MR) is 76.4 cm³/mol. The molecule has 0 spiro atoms. The average Bonchev–Trinajstić information content (AvgIpc) is 2.45. The molecule has 0 aliphatic rings. The predicted octanol–water partition coefficient (Wildman–Crippen LogP) is 2.02. The van der Waals surface area contributed by atoms with Crippen LogP contribution in [-0.4, -0.2) is 22.6 Å². The number of primary sulfonamides is 1. The fraction of sp³-hybridized carbons (Fsp3) is 0.143. The zero-order valence-corrected chi connectivity index (χ0v) is 12.0. The Labute approximate surface area is 118 Å². The molecule has 5 nitrogen and oxygen atoms in total. The molecule has 0 atom stereocenters. The van der Waals surface area contributed by atoms with Gasteiger partial charge in [0.25, 0.3) is 0 Å². The molecule has 0 heterocycles. The Morgan fingerprint density at radius 1 is 0.950 bits per heavy atom. The molecule has 2 aromatic rings. The SMILES string of the molecule is COc1ccc(-c2ccccc2)c(S(N)(=O)=O)c1OC. The molecule has 0 aromatic heterocycles. The van der Waals surface area contributed by atoms with E-state index < -0.39 is 10.0 Å². The lowest BCUT2D eigenvalue weighted by Crippen LogP contribution is -2.15. The van der Waals surface area contributed by atoms with Gasteiger partial charge in [0.2, 0.25) is 10.0 Å². The summed E-state index contributed by atoms with van der Waals surface area (Å²) in [6, 6.07) is 12.4. The zero-order valence-electron chi connectivity index (χ0n) is 11.2. The summed E-state index contributed by atoms with van der Waals surface area (Å²) in [6.45, 7) is 0. The standard InChI is InChI=1S/C14H15NO4S/c1-18-12-9-8-11(10-6-4-3-5-7-10)14(13(12)19-2)20(15,16)17/h3-9H,1-2H3,(H2,15,16,17). The van der Waals surface area contributed by atoms with Gasteiger partial charge < -0.3 is 9.47 Å². The second-order valence-electron chi connectivity index (χ2n) is 4.09. The van der Waals surface area contributed by atoms with Crippen molar-refractivity contribution >= 4 is 10.0 Å². The topological polar surface area (TPSA) is 78.6 Å². The molecule has 0 aliphatic heterocycles. The Morgan fingerprint density at radius 2 is 1.60 bits per heavy atom. The van der Waals surface area contributed by atoms with Crippen LogP contribution in [0.2, 0.25) is 0 Å². The lowest BCUT2D eigenvalue weighted by Gasteiger charge is -2.15. The molecule has 106 valence electrons. The average molecular weight is 293 g/mol. The second kappa shape index (κ2) is 5.52. The molecule has 0 radical (unpaired) electrons. The first-order chi connectivity index (χ1) is 9.49. The molecule has 0 fully saturated rings. The van der Waals surface area contributed by atoms with Crippen molar-refractivity contribution in [2.45, 2.75) is 4.90 Å².